The number of halogens is 1. The van der Waals surface area contributed by atoms with Gasteiger partial charge in [-0.2, -0.15) is 0 Å². The van der Waals surface area contributed by atoms with E-state index in [9.17, 15) is 4.79 Å². The molecule has 1 fully saturated rings. The molecule has 18 heavy (non-hydrogen) atoms. The van der Waals surface area contributed by atoms with Crippen LogP contribution in [0.3, 0.4) is 0 Å². The second-order valence-electron chi connectivity index (χ2n) is 4.72. The molecule has 0 heterocycles. The van der Waals surface area contributed by atoms with Crippen molar-refractivity contribution in [1.29, 1.82) is 0 Å². The topological polar surface area (TPSA) is 32.3 Å². The van der Waals surface area contributed by atoms with Crippen LogP contribution in [0, 0.1) is 6.92 Å². The lowest BCUT2D eigenvalue weighted by molar-refractivity contribution is -0.129. The number of rotatable bonds is 5. The highest BCUT2D eigenvalue weighted by atomic mass is 35.5. The van der Waals surface area contributed by atoms with E-state index in [0.29, 0.717) is 17.6 Å². The van der Waals surface area contributed by atoms with Crippen LogP contribution in [0.5, 0.6) is 0 Å². The fourth-order valence-corrected chi connectivity index (χ4v) is 2.25. The number of aryl methyl sites for hydroxylation is 1. The number of amides is 1. The third kappa shape index (κ3) is 3.16. The van der Waals surface area contributed by atoms with Gasteiger partial charge in [0.2, 0.25) is 5.91 Å². The Kier molecular flexibility index (Phi) is 4.12. The third-order valence-corrected chi connectivity index (χ3v) is 3.51. The Hall–Kier alpha value is -1.22. The summed E-state index contributed by atoms with van der Waals surface area (Å²) >= 11 is 5.95. The summed E-state index contributed by atoms with van der Waals surface area (Å²) in [4.78, 5) is 14.0. The summed E-state index contributed by atoms with van der Waals surface area (Å²) in [5.74, 6) is 0.166. The molecular formula is C14H19ClN2O. The summed E-state index contributed by atoms with van der Waals surface area (Å²) in [6.07, 6.45) is 2.30. The minimum Gasteiger partial charge on any atom is -0.376 e. The lowest BCUT2D eigenvalue weighted by Crippen LogP contribution is -2.37. The molecule has 0 bridgehead atoms. The number of hydrogen-bond donors (Lipinski definition) is 1. The van der Waals surface area contributed by atoms with Crippen molar-refractivity contribution in [3.63, 3.8) is 0 Å². The minimum absolute atomic E-state index is 0.166. The van der Waals surface area contributed by atoms with Crippen molar-refractivity contribution in [1.82, 2.24) is 4.90 Å². The van der Waals surface area contributed by atoms with Crippen molar-refractivity contribution < 1.29 is 4.79 Å². The lowest BCUT2D eigenvalue weighted by atomic mass is 10.2. The smallest absolute Gasteiger partial charge is 0.242 e. The number of carbonyl (C=O) groups is 1. The molecule has 0 radical (unpaired) electrons. The van der Waals surface area contributed by atoms with Crippen LogP contribution in [0.2, 0.25) is 5.02 Å². The molecule has 1 aliphatic carbocycles. The molecule has 2 rings (SSSR count). The van der Waals surface area contributed by atoms with Gasteiger partial charge in [-0.1, -0.05) is 17.7 Å². The molecule has 98 valence electrons. The summed E-state index contributed by atoms with van der Waals surface area (Å²) in [6.45, 7) is 5.16. The summed E-state index contributed by atoms with van der Waals surface area (Å²) in [6, 6.07) is 6.14. The van der Waals surface area contributed by atoms with Gasteiger partial charge in [-0.05, 0) is 44.4 Å². The molecule has 3 nitrogen and oxygen atoms in total. The first-order valence-electron chi connectivity index (χ1n) is 6.41. The highest BCUT2D eigenvalue weighted by Crippen LogP contribution is 2.26. The van der Waals surface area contributed by atoms with Crippen LogP contribution in [0.25, 0.3) is 0 Å². The van der Waals surface area contributed by atoms with Gasteiger partial charge in [-0.3, -0.25) is 4.79 Å². The predicted molar refractivity (Wildman–Crippen MR) is 75.1 cm³/mol. The van der Waals surface area contributed by atoms with Gasteiger partial charge in [0.25, 0.3) is 0 Å². The van der Waals surface area contributed by atoms with Crippen molar-refractivity contribution in [2.75, 3.05) is 18.4 Å². The largest absolute Gasteiger partial charge is 0.376 e. The van der Waals surface area contributed by atoms with Gasteiger partial charge in [-0.15, -0.1) is 0 Å². The third-order valence-electron chi connectivity index (χ3n) is 3.28. The number of carbonyl (C=O) groups excluding carboxylic acids is 1. The first-order chi connectivity index (χ1) is 8.61. The predicted octanol–water partition coefficient (Wildman–Crippen LogP) is 3.07. The van der Waals surface area contributed by atoms with Crippen molar-refractivity contribution in [2.24, 2.45) is 0 Å². The highest BCUT2D eigenvalue weighted by Gasteiger charge is 2.30. The number of likely N-dealkylation sites (N-methyl/N-ethyl adjacent to an activating group) is 1. The highest BCUT2D eigenvalue weighted by molar-refractivity contribution is 6.30. The molecule has 4 heteroatoms. The van der Waals surface area contributed by atoms with E-state index in [4.69, 9.17) is 11.6 Å². The van der Waals surface area contributed by atoms with Gasteiger partial charge in [0.15, 0.2) is 0 Å². The maximum atomic E-state index is 12.1. The molecule has 1 aromatic carbocycles. The van der Waals surface area contributed by atoms with Gasteiger partial charge in [0.1, 0.15) is 0 Å². The summed E-state index contributed by atoms with van der Waals surface area (Å²) in [5.41, 5.74) is 2.03. The van der Waals surface area contributed by atoms with Gasteiger partial charge in [-0.25, -0.2) is 0 Å². The van der Waals surface area contributed by atoms with Crippen LogP contribution in [-0.2, 0) is 4.79 Å². The number of hydrogen-bond acceptors (Lipinski definition) is 2. The second kappa shape index (κ2) is 5.61. The first-order valence-corrected chi connectivity index (χ1v) is 6.79. The van der Waals surface area contributed by atoms with Crippen LogP contribution in [0.1, 0.15) is 25.3 Å². The molecule has 0 unspecified atom stereocenters. The summed E-state index contributed by atoms with van der Waals surface area (Å²) < 4.78 is 0. The monoisotopic (exact) mass is 266 g/mol. The number of benzene rings is 1. The molecule has 0 aromatic heterocycles. The molecule has 1 aliphatic rings. The average molecular weight is 267 g/mol. The van der Waals surface area contributed by atoms with Gasteiger partial charge in [0.05, 0.1) is 6.54 Å². The van der Waals surface area contributed by atoms with Crippen molar-refractivity contribution >= 4 is 23.2 Å². The zero-order valence-corrected chi connectivity index (χ0v) is 11.6. The van der Waals surface area contributed by atoms with E-state index in [1.54, 1.807) is 0 Å². The Morgan fingerprint density at radius 3 is 2.83 bits per heavy atom. The lowest BCUT2D eigenvalue weighted by Gasteiger charge is -2.21. The van der Waals surface area contributed by atoms with Gasteiger partial charge < -0.3 is 10.2 Å². The zero-order valence-electron chi connectivity index (χ0n) is 10.9. The first kappa shape index (κ1) is 13.2. The van der Waals surface area contributed by atoms with E-state index >= 15 is 0 Å². The molecule has 0 aliphatic heterocycles. The molecule has 0 spiro atoms. The second-order valence-corrected chi connectivity index (χ2v) is 5.16. The van der Waals surface area contributed by atoms with E-state index in [-0.39, 0.29) is 5.91 Å². The van der Waals surface area contributed by atoms with Crippen LogP contribution in [-0.4, -0.2) is 29.9 Å². The molecule has 1 N–H and O–H groups in total. The molecule has 1 saturated carbocycles. The maximum absolute atomic E-state index is 12.1. The van der Waals surface area contributed by atoms with E-state index in [1.165, 1.54) is 0 Å². The molecule has 1 amide bonds. The van der Waals surface area contributed by atoms with Gasteiger partial charge in [0, 0.05) is 23.3 Å². The van der Waals surface area contributed by atoms with Crippen LogP contribution < -0.4 is 5.32 Å². The van der Waals surface area contributed by atoms with Gasteiger partial charge >= 0.3 is 0 Å². The Bertz CT molecular complexity index is 443. The fraction of sp³-hybridized carbons (Fsp3) is 0.500. The maximum Gasteiger partial charge on any atom is 0.242 e. The van der Waals surface area contributed by atoms with E-state index in [1.807, 2.05) is 36.9 Å². The minimum atomic E-state index is 0.166. The normalized spacial score (nSPS) is 14.4. The molecule has 0 atom stereocenters. The Balaban J connectivity index is 1.94. The summed E-state index contributed by atoms with van der Waals surface area (Å²) in [7, 11) is 0. The molecule has 0 saturated heterocycles. The van der Waals surface area contributed by atoms with Crippen LogP contribution in [0.15, 0.2) is 18.2 Å². The van der Waals surface area contributed by atoms with Crippen LogP contribution >= 0.6 is 11.6 Å². The van der Waals surface area contributed by atoms with Crippen molar-refractivity contribution in [3.8, 4) is 0 Å². The number of nitrogens with zero attached hydrogens (tertiary/aromatic N) is 1. The average Bonchev–Trinajstić information content (AvgIpc) is 3.16. The van der Waals surface area contributed by atoms with Crippen LogP contribution in [0.4, 0.5) is 5.69 Å². The van der Waals surface area contributed by atoms with Crippen molar-refractivity contribution in [2.45, 2.75) is 32.7 Å². The summed E-state index contributed by atoms with van der Waals surface area (Å²) in [5, 5.41) is 3.86. The Morgan fingerprint density at radius 1 is 1.50 bits per heavy atom. The SMILES string of the molecule is CCN(C(=O)CNc1cc(Cl)ccc1C)C1CC1. The molecular weight excluding hydrogens is 248 g/mol. The Labute approximate surface area is 113 Å². The van der Waals surface area contributed by atoms with E-state index < -0.39 is 0 Å². The fourth-order valence-electron chi connectivity index (χ4n) is 2.08. The van der Waals surface area contributed by atoms with E-state index in [0.717, 1.165) is 30.6 Å². The quantitative estimate of drug-likeness (QED) is 0.888. The Morgan fingerprint density at radius 2 is 2.22 bits per heavy atom. The number of anilines is 1. The zero-order chi connectivity index (χ0) is 13.1. The van der Waals surface area contributed by atoms with Crippen molar-refractivity contribution in [3.05, 3.63) is 28.8 Å². The molecule has 1 aromatic rings. The van der Waals surface area contributed by atoms with E-state index in [2.05, 4.69) is 5.32 Å². The number of nitrogens with one attached hydrogen (secondary N) is 1. The standard InChI is InChI=1S/C14H19ClN2O/c1-3-17(12-6-7-12)14(18)9-16-13-8-11(15)5-4-10(13)2/h4-5,8,12,16H,3,6-7,9H2,1-2H3.